The molecule has 1 amide bonds. The van der Waals surface area contributed by atoms with Gasteiger partial charge in [0.2, 0.25) is 5.91 Å². The number of anilines is 2. The smallest absolute Gasteiger partial charge is 0.228 e. The summed E-state index contributed by atoms with van der Waals surface area (Å²) in [5.74, 6) is 0.792. The fraction of sp³-hybridized carbons (Fsp3) is 0.381. The number of rotatable bonds is 6. The van der Waals surface area contributed by atoms with Gasteiger partial charge in [0, 0.05) is 26.2 Å². The number of nitrogens with zero attached hydrogens (tertiary/aromatic N) is 2. The molecule has 1 saturated heterocycles. The standard InChI is InChI=1S/C21H27N3O2/c1-3-23-12-14-24(15-13-23)20-7-5-4-6-19(20)22-21(25)16-17-8-10-18(26-2)11-9-17/h4-11H,3,12-16H2,1-2H3,(H,22,25). The van der Waals surface area contributed by atoms with E-state index in [4.69, 9.17) is 4.74 Å². The molecule has 0 aliphatic carbocycles. The topological polar surface area (TPSA) is 44.8 Å². The third-order valence-corrected chi connectivity index (χ3v) is 4.86. The highest BCUT2D eigenvalue weighted by Gasteiger charge is 2.18. The van der Waals surface area contributed by atoms with Crippen LogP contribution in [-0.2, 0) is 11.2 Å². The van der Waals surface area contributed by atoms with Crippen LogP contribution in [0.15, 0.2) is 48.5 Å². The number of hydrogen-bond donors (Lipinski definition) is 1. The van der Waals surface area contributed by atoms with Gasteiger partial charge < -0.3 is 19.9 Å². The summed E-state index contributed by atoms with van der Waals surface area (Å²) in [4.78, 5) is 17.3. The van der Waals surface area contributed by atoms with Gasteiger partial charge in [-0.3, -0.25) is 4.79 Å². The molecule has 5 heteroatoms. The Kier molecular flexibility index (Phi) is 6.12. The van der Waals surface area contributed by atoms with E-state index < -0.39 is 0 Å². The predicted octanol–water partition coefficient (Wildman–Crippen LogP) is 3.02. The monoisotopic (exact) mass is 353 g/mol. The number of likely N-dealkylation sites (N-methyl/N-ethyl adjacent to an activating group) is 1. The molecule has 2 aromatic carbocycles. The first kappa shape index (κ1) is 18.3. The Bertz CT molecular complexity index is 722. The maximum Gasteiger partial charge on any atom is 0.228 e. The molecule has 1 N–H and O–H groups in total. The number of carbonyl (C=O) groups is 1. The molecule has 0 saturated carbocycles. The molecule has 26 heavy (non-hydrogen) atoms. The van der Waals surface area contributed by atoms with Crippen molar-refractivity contribution in [3.05, 3.63) is 54.1 Å². The van der Waals surface area contributed by atoms with Crippen LogP contribution in [0.2, 0.25) is 0 Å². The quantitative estimate of drug-likeness (QED) is 0.867. The minimum atomic E-state index is -0.00480. The third-order valence-electron chi connectivity index (χ3n) is 4.86. The van der Waals surface area contributed by atoms with Gasteiger partial charge in [-0.1, -0.05) is 31.2 Å². The molecule has 138 valence electrons. The van der Waals surface area contributed by atoms with Crippen molar-refractivity contribution in [3.8, 4) is 5.75 Å². The summed E-state index contributed by atoms with van der Waals surface area (Å²) in [7, 11) is 1.64. The largest absolute Gasteiger partial charge is 0.497 e. The fourth-order valence-electron chi connectivity index (χ4n) is 3.28. The predicted molar refractivity (Wildman–Crippen MR) is 106 cm³/mol. The van der Waals surface area contributed by atoms with Gasteiger partial charge in [-0.25, -0.2) is 0 Å². The molecule has 1 heterocycles. The lowest BCUT2D eigenvalue weighted by Gasteiger charge is -2.36. The Morgan fingerprint density at radius 2 is 1.73 bits per heavy atom. The van der Waals surface area contributed by atoms with Crippen molar-refractivity contribution in [1.82, 2.24) is 4.90 Å². The highest BCUT2D eigenvalue weighted by atomic mass is 16.5. The van der Waals surface area contributed by atoms with Crippen molar-refractivity contribution in [2.75, 3.05) is 50.1 Å². The Labute approximate surface area is 155 Å². The summed E-state index contributed by atoms with van der Waals surface area (Å²) >= 11 is 0. The fourth-order valence-corrected chi connectivity index (χ4v) is 3.28. The van der Waals surface area contributed by atoms with Crippen LogP contribution in [0.25, 0.3) is 0 Å². The minimum absolute atomic E-state index is 0.00480. The second kappa shape index (κ2) is 8.72. The summed E-state index contributed by atoms with van der Waals surface area (Å²) in [6, 6.07) is 15.7. The number of para-hydroxylation sites is 2. The van der Waals surface area contributed by atoms with E-state index in [1.54, 1.807) is 7.11 Å². The molecule has 0 aromatic heterocycles. The lowest BCUT2D eigenvalue weighted by Crippen LogP contribution is -2.46. The Balaban J connectivity index is 1.65. The second-order valence-electron chi connectivity index (χ2n) is 6.51. The first-order valence-corrected chi connectivity index (χ1v) is 9.18. The van der Waals surface area contributed by atoms with E-state index in [2.05, 4.69) is 28.1 Å². The highest BCUT2D eigenvalue weighted by Crippen LogP contribution is 2.27. The summed E-state index contributed by atoms with van der Waals surface area (Å²) in [6.45, 7) is 7.38. The second-order valence-corrected chi connectivity index (χ2v) is 6.51. The van der Waals surface area contributed by atoms with Crippen molar-refractivity contribution >= 4 is 17.3 Å². The van der Waals surface area contributed by atoms with Crippen LogP contribution in [0.5, 0.6) is 5.75 Å². The van der Waals surface area contributed by atoms with Crippen LogP contribution >= 0.6 is 0 Å². The van der Waals surface area contributed by atoms with E-state index in [9.17, 15) is 4.79 Å². The Hall–Kier alpha value is -2.53. The van der Waals surface area contributed by atoms with E-state index >= 15 is 0 Å². The maximum atomic E-state index is 12.5. The zero-order valence-electron chi connectivity index (χ0n) is 15.6. The third kappa shape index (κ3) is 4.55. The van der Waals surface area contributed by atoms with Crippen LogP contribution in [0.4, 0.5) is 11.4 Å². The van der Waals surface area contributed by atoms with Gasteiger partial charge in [-0.05, 0) is 36.4 Å². The zero-order chi connectivity index (χ0) is 18.4. The number of ether oxygens (including phenoxy) is 1. The lowest BCUT2D eigenvalue weighted by atomic mass is 10.1. The van der Waals surface area contributed by atoms with Crippen molar-refractivity contribution in [3.63, 3.8) is 0 Å². The highest BCUT2D eigenvalue weighted by molar-refractivity contribution is 5.95. The maximum absolute atomic E-state index is 12.5. The number of carbonyl (C=O) groups excluding carboxylic acids is 1. The van der Waals surface area contributed by atoms with Gasteiger partial charge in [0.1, 0.15) is 5.75 Å². The zero-order valence-corrected chi connectivity index (χ0v) is 15.6. The van der Waals surface area contributed by atoms with Gasteiger partial charge in [-0.2, -0.15) is 0 Å². The molecule has 3 rings (SSSR count). The molecule has 5 nitrogen and oxygen atoms in total. The van der Waals surface area contributed by atoms with Crippen LogP contribution < -0.4 is 15.0 Å². The summed E-state index contributed by atoms with van der Waals surface area (Å²) in [6.07, 6.45) is 0.349. The van der Waals surface area contributed by atoms with Gasteiger partial charge in [0.05, 0.1) is 24.9 Å². The van der Waals surface area contributed by atoms with Gasteiger partial charge in [0.25, 0.3) is 0 Å². The summed E-state index contributed by atoms with van der Waals surface area (Å²) < 4.78 is 5.16. The van der Waals surface area contributed by atoms with E-state index in [1.165, 1.54) is 0 Å². The number of benzene rings is 2. The number of amides is 1. The van der Waals surface area contributed by atoms with Crippen molar-refractivity contribution < 1.29 is 9.53 Å². The molecule has 0 bridgehead atoms. The molecule has 1 fully saturated rings. The first-order chi connectivity index (χ1) is 12.7. The molecule has 0 atom stereocenters. The average molecular weight is 353 g/mol. The van der Waals surface area contributed by atoms with Crippen molar-refractivity contribution in [1.29, 1.82) is 0 Å². The number of nitrogens with one attached hydrogen (secondary N) is 1. The normalized spacial score (nSPS) is 14.9. The Morgan fingerprint density at radius 3 is 2.38 bits per heavy atom. The van der Waals surface area contributed by atoms with Crippen LogP contribution in [-0.4, -0.2) is 50.6 Å². The molecule has 0 radical (unpaired) electrons. The molecule has 0 spiro atoms. The average Bonchev–Trinajstić information content (AvgIpc) is 2.69. The van der Waals surface area contributed by atoms with Gasteiger partial charge in [0.15, 0.2) is 0 Å². The molecular weight excluding hydrogens is 326 g/mol. The number of piperazine rings is 1. The lowest BCUT2D eigenvalue weighted by molar-refractivity contribution is -0.115. The van der Waals surface area contributed by atoms with E-state index in [-0.39, 0.29) is 5.91 Å². The molecule has 0 unspecified atom stereocenters. The van der Waals surface area contributed by atoms with Crippen LogP contribution in [0.1, 0.15) is 12.5 Å². The van der Waals surface area contributed by atoms with E-state index in [0.717, 1.165) is 55.4 Å². The van der Waals surface area contributed by atoms with Gasteiger partial charge >= 0.3 is 0 Å². The van der Waals surface area contributed by atoms with Crippen molar-refractivity contribution in [2.45, 2.75) is 13.3 Å². The minimum Gasteiger partial charge on any atom is -0.497 e. The first-order valence-electron chi connectivity index (χ1n) is 9.18. The molecular formula is C21H27N3O2. The van der Waals surface area contributed by atoms with Crippen LogP contribution in [0.3, 0.4) is 0 Å². The Morgan fingerprint density at radius 1 is 1.04 bits per heavy atom. The summed E-state index contributed by atoms with van der Waals surface area (Å²) in [5, 5.41) is 3.08. The van der Waals surface area contributed by atoms with E-state index in [0.29, 0.717) is 6.42 Å². The van der Waals surface area contributed by atoms with Crippen LogP contribution in [0, 0.1) is 0 Å². The molecule has 2 aromatic rings. The van der Waals surface area contributed by atoms with Crippen molar-refractivity contribution in [2.24, 2.45) is 0 Å². The molecule has 1 aliphatic rings. The molecule has 1 aliphatic heterocycles. The SMILES string of the molecule is CCN1CCN(c2ccccc2NC(=O)Cc2ccc(OC)cc2)CC1. The summed E-state index contributed by atoms with van der Waals surface area (Å²) in [5.41, 5.74) is 2.96. The number of hydrogen-bond acceptors (Lipinski definition) is 4. The van der Waals surface area contributed by atoms with Gasteiger partial charge in [-0.15, -0.1) is 0 Å². The van der Waals surface area contributed by atoms with E-state index in [1.807, 2.05) is 42.5 Å². The number of methoxy groups -OCH3 is 1.